The molecule has 1 atom stereocenters. The number of aromatic hydroxyl groups is 1. The molecule has 1 aliphatic rings. The number of hydrogen-bond donors (Lipinski definition) is 3. The summed E-state index contributed by atoms with van der Waals surface area (Å²) < 4.78 is 23.6. The van der Waals surface area contributed by atoms with Gasteiger partial charge in [-0.25, -0.2) is 4.79 Å². The molecule has 0 saturated heterocycles. The Kier molecular flexibility index (Phi) is 2.76. The number of fused-ring (bicyclic) bond motifs is 1. The molecule has 6 nitrogen and oxygen atoms in total. The molecule has 1 aliphatic heterocycles. The number of halogens is 1. The Labute approximate surface area is 94.8 Å². The highest BCUT2D eigenvalue weighted by atomic mass is 19.1. The first kappa shape index (κ1) is 11.5. The van der Waals surface area contributed by atoms with E-state index < -0.39 is 29.2 Å². The summed E-state index contributed by atoms with van der Waals surface area (Å²) in [5.74, 6) is -4.02. The van der Waals surface area contributed by atoms with Gasteiger partial charge >= 0.3 is 5.97 Å². The van der Waals surface area contributed by atoms with E-state index in [-0.39, 0.29) is 24.7 Å². The molecule has 92 valence electrons. The number of carboxylic acids is 1. The number of aliphatic hydroxyl groups excluding tert-OH is 1. The maximum atomic E-state index is 13.6. The lowest BCUT2D eigenvalue weighted by molar-refractivity contribution is -0.147. The van der Waals surface area contributed by atoms with Gasteiger partial charge in [-0.3, -0.25) is 0 Å². The Hall–Kier alpha value is -2.02. The molecule has 0 radical (unpaired) electrons. The van der Waals surface area contributed by atoms with Crippen molar-refractivity contribution in [1.82, 2.24) is 0 Å². The largest absolute Gasteiger partial charge is 0.504 e. The molecule has 0 spiro atoms. The molecule has 0 amide bonds. The van der Waals surface area contributed by atoms with Crippen LogP contribution >= 0.6 is 0 Å². The van der Waals surface area contributed by atoms with Gasteiger partial charge in [0.15, 0.2) is 17.6 Å². The Balaban J connectivity index is 2.55. The van der Waals surface area contributed by atoms with Gasteiger partial charge in [0.05, 0.1) is 0 Å². The molecule has 0 aromatic heterocycles. The zero-order chi connectivity index (χ0) is 12.6. The van der Waals surface area contributed by atoms with Gasteiger partial charge in [-0.1, -0.05) is 0 Å². The van der Waals surface area contributed by atoms with Gasteiger partial charge in [-0.05, 0) is 6.07 Å². The number of ether oxygens (including phenoxy) is 2. The van der Waals surface area contributed by atoms with Crippen molar-refractivity contribution in [3.05, 3.63) is 17.4 Å². The molecule has 0 saturated carbocycles. The van der Waals surface area contributed by atoms with Crippen LogP contribution in [-0.4, -0.2) is 34.5 Å². The Bertz CT molecular complexity index is 472. The minimum absolute atomic E-state index is 0.0400. The highest BCUT2D eigenvalue weighted by molar-refractivity contribution is 5.76. The quantitative estimate of drug-likeness (QED) is 0.697. The van der Waals surface area contributed by atoms with E-state index >= 15 is 0 Å². The molecule has 1 aromatic carbocycles. The van der Waals surface area contributed by atoms with Gasteiger partial charge in [0, 0.05) is 5.56 Å². The number of rotatable bonds is 2. The topological polar surface area (TPSA) is 96.2 Å². The Morgan fingerprint density at radius 1 is 1.41 bits per heavy atom. The van der Waals surface area contributed by atoms with Crippen LogP contribution in [0.15, 0.2) is 6.07 Å². The number of aliphatic carboxylic acids is 1. The molecule has 7 heteroatoms. The van der Waals surface area contributed by atoms with Crippen LogP contribution in [0, 0.1) is 5.82 Å². The number of carboxylic acid groups (broad SMARTS) is 1. The average molecular weight is 244 g/mol. The van der Waals surface area contributed by atoms with Crippen molar-refractivity contribution in [1.29, 1.82) is 0 Å². The van der Waals surface area contributed by atoms with Crippen molar-refractivity contribution in [2.24, 2.45) is 0 Å². The number of carbonyl (C=O) groups is 1. The van der Waals surface area contributed by atoms with E-state index in [9.17, 15) is 19.4 Å². The SMILES string of the molecule is O=C(O)C(O)c1cc2c(c(F)c1O)OCCO2. The molecular formula is C10H9FO6. The summed E-state index contributed by atoms with van der Waals surface area (Å²) in [7, 11) is 0. The van der Waals surface area contributed by atoms with Gasteiger partial charge in [-0.2, -0.15) is 4.39 Å². The molecular weight excluding hydrogens is 235 g/mol. The van der Waals surface area contributed by atoms with Gasteiger partial charge in [0.1, 0.15) is 13.2 Å². The molecule has 0 aliphatic carbocycles. The van der Waals surface area contributed by atoms with E-state index in [2.05, 4.69) is 0 Å². The minimum atomic E-state index is -2.03. The van der Waals surface area contributed by atoms with Crippen molar-refractivity contribution >= 4 is 5.97 Å². The van der Waals surface area contributed by atoms with Crippen molar-refractivity contribution in [2.75, 3.05) is 13.2 Å². The maximum absolute atomic E-state index is 13.6. The fraction of sp³-hybridized carbons (Fsp3) is 0.300. The first-order chi connectivity index (χ1) is 8.02. The third kappa shape index (κ3) is 1.84. The van der Waals surface area contributed by atoms with E-state index in [0.29, 0.717) is 0 Å². The van der Waals surface area contributed by atoms with Crippen LogP contribution in [0.4, 0.5) is 4.39 Å². The maximum Gasteiger partial charge on any atom is 0.337 e. The molecule has 2 rings (SSSR count). The smallest absolute Gasteiger partial charge is 0.337 e. The predicted octanol–water partition coefficient (Wildman–Crippen LogP) is 0.421. The fourth-order valence-electron chi connectivity index (χ4n) is 1.50. The monoisotopic (exact) mass is 244 g/mol. The van der Waals surface area contributed by atoms with E-state index in [4.69, 9.17) is 14.6 Å². The van der Waals surface area contributed by atoms with E-state index in [1.165, 1.54) is 0 Å². The van der Waals surface area contributed by atoms with E-state index in [0.717, 1.165) is 6.07 Å². The zero-order valence-electron chi connectivity index (χ0n) is 8.51. The van der Waals surface area contributed by atoms with Crippen LogP contribution in [0.25, 0.3) is 0 Å². The lowest BCUT2D eigenvalue weighted by Gasteiger charge is -2.21. The number of phenolic OH excluding ortho intramolecular Hbond substituents is 1. The van der Waals surface area contributed by atoms with Crippen LogP contribution in [0.5, 0.6) is 17.2 Å². The summed E-state index contributed by atoms with van der Waals surface area (Å²) in [5, 5.41) is 27.3. The van der Waals surface area contributed by atoms with Crippen molar-refractivity contribution < 1.29 is 34.0 Å². The Morgan fingerprint density at radius 2 is 2.06 bits per heavy atom. The van der Waals surface area contributed by atoms with Crippen LogP contribution in [0.2, 0.25) is 0 Å². The summed E-state index contributed by atoms with van der Waals surface area (Å²) in [6, 6.07) is 1.05. The average Bonchev–Trinajstić information content (AvgIpc) is 2.33. The Morgan fingerprint density at radius 3 is 2.71 bits per heavy atom. The summed E-state index contributed by atoms with van der Waals surface area (Å²) in [4.78, 5) is 10.6. The number of aliphatic hydroxyl groups is 1. The standard InChI is InChI=1S/C10H9FO6/c11-6-7(12)4(8(13)10(14)15)3-5-9(6)17-2-1-16-5/h3,8,12-13H,1-2H2,(H,14,15). The third-order valence-electron chi connectivity index (χ3n) is 2.31. The molecule has 17 heavy (non-hydrogen) atoms. The summed E-state index contributed by atoms with van der Waals surface area (Å²) in [6.45, 7) is 0.310. The summed E-state index contributed by atoms with van der Waals surface area (Å²) >= 11 is 0. The molecule has 1 heterocycles. The van der Waals surface area contributed by atoms with E-state index in [1.54, 1.807) is 0 Å². The highest BCUT2D eigenvalue weighted by Gasteiger charge is 2.28. The molecule has 3 N–H and O–H groups in total. The van der Waals surface area contributed by atoms with Crippen molar-refractivity contribution in [3.8, 4) is 17.2 Å². The van der Waals surface area contributed by atoms with Gasteiger partial charge < -0.3 is 24.8 Å². The fourth-order valence-corrected chi connectivity index (χ4v) is 1.50. The molecule has 0 bridgehead atoms. The second-order valence-corrected chi connectivity index (χ2v) is 3.39. The zero-order valence-corrected chi connectivity index (χ0v) is 8.51. The summed E-state index contributed by atoms with van der Waals surface area (Å²) in [6.07, 6.45) is -2.03. The predicted molar refractivity (Wildman–Crippen MR) is 51.7 cm³/mol. The van der Waals surface area contributed by atoms with E-state index in [1.807, 2.05) is 0 Å². The lowest BCUT2D eigenvalue weighted by atomic mass is 10.1. The minimum Gasteiger partial charge on any atom is -0.504 e. The van der Waals surface area contributed by atoms with Crippen LogP contribution in [0.1, 0.15) is 11.7 Å². The van der Waals surface area contributed by atoms with Crippen molar-refractivity contribution in [3.63, 3.8) is 0 Å². The first-order valence-corrected chi connectivity index (χ1v) is 4.74. The molecule has 0 fully saturated rings. The van der Waals surface area contributed by atoms with Crippen LogP contribution < -0.4 is 9.47 Å². The second kappa shape index (κ2) is 4.10. The number of phenols is 1. The molecule has 1 aromatic rings. The van der Waals surface area contributed by atoms with Crippen LogP contribution in [-0.2, 0) is 4.79 Å². The lowest BCUT2D eigenvalue weighted by Crippen LogP contribution is -2.18. The van der Waals surface area contributed by atoms with Crippen LogP contribution in [0.3, 0.4) is 0 Å². The normalized spacial score (nSPS) is 15.4. The summed E-state index contributed by atoms with van der Waals surface area (Å²) in [5.41, 5.74) is -0.473. The van der Waals surface area contributed by atoms with Gasteiger partial charge in [0.2, 0.25) is 11.6 Å². The highest BCUT2D eigenvalue weighted by Crippen LogP contribution is 2.42. The number of hydrogen-bond acceptors (Lipinski definition) is 5. The third-order valence-corrected chi connectivity index (χ3v) is 2.31. The van der Waals surface area contributed by atoms with Crippen molar-refractivity contribution in [2.45, 2.75) is 6.10 Å². The second-order valence-electron chi connectivity index (χ2n) is 3.39. The number of benzene rings is 1. The van der Waals surface area contributed by atoms with Gasteiger partial charge in [0.25, 0.3) is 0 Å². The molecule has 1 unspecified atom stereocenters. The van der Waals surface area contributed by atoms with Gasteiger partial charge in [-0.15, -0.1) is 0 Å². The first-order valence-electron chi connectivity index (χ1n) is 4.74.